The first kappa shape index (κ1) is 13.6. The van der Waals surface area contributed by atoms with E-state index in [0.717, 1.165) is 57.4 Å². The molecule has 2 fully saturated rings. The van der Waals surface area contributed by atoms with Crippen molar-refractivity contribution in [3.05, 3.63) is 28.0 Å². The molecule has 0 saturated carbocycles. The molecule has 0 aliphatic carbocycles. The molecular weight excluding hydrogens is 283 g/mol. The Kier molecular flexibility index (Phi) is 4.24. The van der Waals surface area contributed by atoms with E-state index in [9.17, 15) is 0 Å². The predicted octanol–water partition coefficient (Wildman–Crippen LogP) is 1.48. The number of rotatable bonds is 3. The fourth-order valence-electron chi connectivity index (χ4n) is 2.62. The van der Waals surface area contributed by atoms with Gasteiger partial charge in [-0.15, -0.1) is 0 Å². The van der Waals surface area contributed by atoms with Crippen LogP contribution in [0.2, 0.25) is 10.3 Å². The van der Waals surface area contributed by atoms with Gasteiger partial charge in [-0.2, -0.15) is 0 Å². The van der Waals surface area contributed by atoms with Crippen molar-refractivity contribution < 1.29 is 0 Å². The summed E-state index contributed by atoms with van der Waals surface area (Å²) in [5.74, 6) is 0. The third kappa shape index (κ3) is 3.20. The smallest absolute Gasteiger partial charge is 0.135 e. The van der Waals surface area contributed by atoms with Crippen LogP contribution in [0.4, 0.5) is 0 Å². The van der Waals surface area contributed by atoms with Crippen LogP contribution in [0.15, 0.2) is 12.1 Å². The van der Waals surface area contributed by atoms with Gasteiger partial charge in [0.25, 0.3) is 0 Å². The topological polar surface area (TPSA) is 31.4 Å². The highest BCUT2D eigenvalue weighted by Crippen LogP contribution is 2.19. The average Bonchev–Trinajstić information content (AvgIpc) is 2.33. The Morgan fingerprint density at radius 2 is 1.89 bits per heavy atom. The number of aromatic nitrogens is 1. The summed E-state index contributed by atoms with van der Waals surface area (Å²) in [6.07, 6.45) is 0. The van der Waals surface area contributed by atoms with Crippen molar-refractivity contribution >= 4 is 23.2 Å². The molecule has 0 spiro atoms. The van der Waals surface area contributed by atoms with Crippen molar-refractivity contribution in [3.8, 4) is 0 Å². The predicted molar refractivity (Wildman–Crippen MR) is 77.8 cm³/mol. The molecule has 0 radical (unpaired) electrons. The minimum Gasteiger partial charge on any atom is -0.314 e. The summed E-state index contributed by atoms with van der Waals surface area (Å²) in [5, 5.41) is 4.31. The summed E-state index contributed by atoms with van der Waals surface area (Å²) in [7, 11) is 0. The Hall–Kier alpha value is -0.390. The van der Waals surface area contributed by atoms with Crippen molar-refractivity contribution in [2.45, 2.75) is 12.6 Å². The molecule has 0 bridgehead atoms. The van der Waals surface area contributed by atoms with Crippen LogP contribution in [-0.4, -0.2) is 60.1 Å². The third-order valence-corrected chi connectivity index (χ3v) is 4.51. The second-order valence-electron chi connectivity index (χ2n) is 5.21. The van der Waals surface area contributed by atoms with Crippen LogP contribution in [0.3, 0.4) is 0 Å². The minimum atomic E-state index is 0.455. The van der Waals surface area contributed by atoms with Gasteiger partial charge >= 0.3 is 0 Å². The van der Waals surface area contributed by atoms with Crippen LogP contribution in [-0.2, 0) is 6.54 Å². The van der Waals surface area contributed by atoms with E-state index in [-0.39, 0.29) is 0 Å². The molecule has 0 atom stereocenters. The minimum absolute atomic E-state index is 0.455. The molecule has 19 heavy (non-hydrogen) atoms. The summed E-state index contributed by atoms with van der Waals surface area (Å²) in [4.78, 5) is 9.10. The van der Waals surface area contributed by atoms with Gasteiger partial charge in [0, 0.05) is 57.4 Å². The van der Waals surface area contributed by atoms with E-state index in [4.69, 9.17) is 23.2 Å². The van der Waals surface area contributed by atoms with E-state index >= 15 is 0 Å². The normalized spacial score (nSPS) is 22.4. The van der Waals surface area contributed by atoms with Gasteiger partial charge in [0.2, 0.25) is 0 Å². The van der Waals surface area contributed by atoms with E-state index in [0.29, 0.717) is 10.3 Å². The largest absolute Gasteiger partial charge is 0.314 e. The standard InChI is InChI=1S/C13H18Cl2N4/c14-12-2-1-10(13(15)17-12)9-18-3-5-19(6-4-18)11-7-16-8-11/h1-2,11,16H,3-9H2. The van der Waals surface area contributed by atoms with Crippen molar-refractivity contribution in [1.82, 2.24) is 20.1 Å². The molecule has 3 heterocycles. The molecule has 0 amide bonds. The van der Waals surface area contributed by atoms with E-state index < -0.39 is 0 Å². The van der Waals surface area contributed by atoms with Gasteiger partial charge in [-0.1, -0.05) is 29.3 Å². The SMILES string of the molecule is Clc1ccc(CN2CCN(C3CNC3)CC2)c(Cl)n1. The average molecular weight is 301 g/mol. The lowest BCUT2D eigenvalue weighted by Crippen LogP contribution is -2.61. The van der Waals surface area contributed by atoms with Gasteiger partial charge in [-0.3, -0.25) is 9.80 Å². The molecule has 3 rings (SSSR count). The lowest BCUT2D eigenvalue weighted by atomic mass is 10.1. The monoisotopic (exact) mass is 300 g/mol. The molecule has 2 saturated heterocycles. The van der Waals surface area contributed by atoms with Crippen LogP contribution < -0.4 is 5.32 Å². The zero-order valence-corrected chi connectivity index (χ0v) is 12.3. The highest BCUT2D eigenvalue weighted by molar-refractivity contribution is 6.32. The highest BCUT2D eigenvalue weighted by Gasteiger charge is 2.27. The molecule has 2 aliphatic rings. The van der Waals surface area contributed by atoms with Gasteiger partial charge in [0.1, 0.15) is 10.3 Å². The lowest BCUT2D eigenvalue weighted by molar-refractivity contribution is 0.0695. The van der Waals surface area contributed by atoms with E-state index in [1.807, 2.05) is 6.07 Å². The lowest BCUT2D eigenvalue weighted by Gasteiger charge is -2.43. The summed E-state index contributed by atoms with van der Waals surface area (Å²) in [6, 6.07) is 4.53. The fourth-order valence-corrected chi connectivity index (χ4v) is 3.02. The number of hydrogen-bond donors (Lipinski definition) is 1. The van der Waals surface area contributed by atoms with Gasteiger partial charge in [0.15, 0.2) is 0 Å². The summed E-state index contributed by atoms with van der Waals surface area (Å²) < 4.78 is 0. The van der Waals surface area contributed by atoms with Crippen molar-refractivity contribution in [2.24, 2.45) is 0 Å². The first-order valence-electron chi connectivity index (χ1n) is 6.70. The first-order valence-corrected chi connectivity index (χ1v) is 7.46. The molecule has 2 aliphatic heterocycles. The number of halogens is 2. The molecule has 6 heteroatoms. The Balaban J connectivity index is 1.54. The fraction of sp³-hybridized carbons (Fsp3) is 0.615. The molecule has 104 valence electrons. The molecule has 1 N–H and O–H groups in total. The van der Waals surface area contributed by atoms with Crippen molar-refractivity contribution in [2.75, 3.05) is 39.3 Å². The number of nitrogens with zero attached hydrogens (tertiary/aromatic N) is 3. The second-order valence-corrected chi connectivity index (χ2v) is 5.95. The Bertz CT molecular complexity index is 442. The third-order valence-electron chi connectivity index (χ3n) is 3.97. The Morgan fingerprint density at radius 1 is 1.16 bits per heavy atom. The summed E-state index contributed by atoms with van der Waals surface area (Å²) >= 11 is 11.9. The maximum Gasteiger partial charge on any atom is 0.135 e. The quantitative estimate of drug-likeness (QED) is 0.857. The Labute approximate surface area is 123 Å². The zero-order valence-electron chi connectivity index (χ0n) is 10.8. The number of nitrogens with one attached hydrogen (secondary N) is 1. The van der Waals surface area contributed by atoms with Gasteiger partial charge < -0.3 is 5.32 Å². The maximum absolute atomic E-state index is 6.12. The molecule has 0 unspecified atom stereocenters. The molecule has 1 aromatic heterocycles. The van der Waals surface area contributed by atoms with Crippen LogP contribution in [0.5, 0.6) is 0 Å². The molecule has 4 nitrogen and oxygen atoms in total. The maximum atomic E-state index is 6.12. The van der Waals surface area contributed by atoms with E-state index in [1.54, 1.807) is 6.07 Å². The number of piperazine rings is 1. The van der Waals surface area contributed by atoms with Crippen LogP contribution in [0.25, 0.3) is 0 Å². The zero-order chi connectivity index (χ0) is 13.2. The van der Waals surface area contributed by atoms with Crippen LogP contribution in [0, 0.1) is 0 Å². The number of pyridine rings is 1. The van der Waals surface area contributed by atoms with Crippen molar-refractivity contribution in [1.29, 1.82) is 0 Å². The number of hydrogen-bond acceptors (Lipinski definition) is 4. The van der Waals surface area contributed by atoms with Gasteiger partial charge in [0.05, 0.1) is 0 Å². The van der Waals surface area contributed by atoms with Gasteiger partial charge in [-0.05, 0) is 6.07 Å². The van der Waals surface area contributed by atoms with Crippen LogP contribution in [0.1, 0.15) is 5.56 Å². The molecular formula is C13H18Cl2N4. The highest BCUT2D eigenvalue weighted by atomic mass is 35.5. The van der Waals surface area contributed by atoms with Crippen molar-refractivity contribution in [3.63, 3.8) is 0 Å². The second kappa shape index (κ2) is 5.94. The Morgan fingerprint density at radius 3 is 2.47 bits per heavy atom. The molecule has 0 aromatic carbocycles. The van der Waals surface area contributed by atoms with Gasteiger partial charge in [-0.25, -0.2) is 4.98 Å². The van der Waals surface area contributed by atoms with Crippen LogP contribution >= 0.6 is 23.2 Å². The summed E-state index contributed by atoms with van der Waals surface area (Å²) in [5.41, 5.74) is 1.06. The molecule has 1 aromatic rings. The summed E-state index contributed by atoms with van der Waals surface area (Å²) in [6.45, 7) is 7.63. The van der Waals surface area contributed by atoms with E-state index in [2.05, 4.69) is 20.1 Å². The van der Waals surface area contributed by atoms with E-state index in [1.165, 1.54) is 0 Å². The first-order chi connectivity index (χ1) is 9.22.